The lowest BCUT2D eigenvalue weighted by atomic mass is 9.50. The minimum atomic E-state index is -1.37. The van der Waals surface area contributed by atoms with Gasteiger partial charge in [0, 0.05) is 18.0 Å². The third-order valence-corrected chi connectivity index (χ3v) is 9.24. The number of nitrogens with zero attached hydrogens (tertiary/aromatic N) is 1. The van der Waals surface area contributed by atoms with Crippen LogP contribution in [0, 0.1) is 0 Å². The van der Waals surface area contributed by atoms with E-state index in [-0.39, 0.29) is 36.3 Å². The van der Waals surface area contributed by atoms with Gasteiger partial charge in [-0.2, -0.15) is 0 Å². The van der Waals surface area contributed by atoms with Gasteiger partial charge in [0.25, 0.3) is 0 Å². The second-order valence-electron chi connectivity index (χ2n) is 15.0. The number of aliphatic hydroxyl groups is 1. The molecule has 2 N–H and O–H groups in total. The molecule has 0 aromatic heterocycles. The zero-order valence-corrected chi connectivity index (χ0v) is 29.1. The Kier molecular flexibility index (Phi) is 9.52. The SMILES string of the molecule is CCCCOC(=O)[C@H](CC(=O)OC1=CC[C@@]2(O)[C@H]3Cc4ccc(OC(=O)OC(C)(C)C)c5c4[C@@]2(CCN3C)[C@H]1O5)NC(=O)OC(C)(C)C. The van der Waals surface area contributed by atoms with Crippen molar-refractivity contribution in [3.05, 3.63) is 35.1 Å². The highest BCUT2D eigenvalue weighted by atomic mass is 16.7. The number of hydrogen-bond acceptors (Lipinski definition) is 12. The quantitative estimate of drug-likeness (QED) is 0.165. The van der Waals surface area contributed by atoms with Crippen LogP contribution in [0.4, 0.5) is 9.59 Å². The van der Waals surface area contributed by atoms with E-state index in [0.717, 1.165) is 17.5 Å². The number of benzene rings is 1. The van der Waals surface area contributed by atoms with Gasteiger partial charge in [-0.3, -0.25) is 4.79 Å². The first-order valence-corrected chi connectivity index (χ1v) is 16.6. The van der Waals surface area contributed by atoms with Gasteiger partial charge in [0.15, 0.2) is 17.6 Å². The van der Waals surface area contributed by atoms with E-state index in [1.165, 1.54) is 0 Å². The summed E-state index contributed by atoms with van der Waals surface area (Å²) >= 11 is 0. The molecular formula is C35H48N2O11. The molecule has 5 atom stereocenters. The van der Waals surface area contributed by atoms with E-state index in [0.29, 0.717) is 25.8 Å². The Morgan fingerprint density at radius 1 is 1.08 bits per heavy atom. The normalized spacial score (nSPS) is 26.2. The number of likely N-dealkylation sites (N-methyl/N-ethyl adjacent to an activating group) is 1. The molecular weight excluding hydrogens is 624 g/mol. The lowest BCUT2D eigenvalue weighted by Gasteiger charge is -2.61. The van der Waals surface area contributed by atoms with Gasteiger partial charge >= 0.3 is 24.2 Å². The number of rotatable bonds is 9. The van der Waals surface area contributed by atoms with Crippen LogP contribution >= 0.6 is 0 Å². The number of hydrogen-bond donors (Lipinski definition) is 2. The number of ether oxygens (including phenoxy) is 6. The van der Waals surface area contributed by atoms with Crippen molar-refractivity contribution in [3.63, 3.8) is 0 Å². The summed E-state index contributed by atoms with van der Waals surface area (Å²) in [5.41, 5.74) is -2.26. The van der Waals surface area contributed by atoms with Gasteiger partial charge in [-0.05, 0) is 92.1 Å². The van der Waals surface area contributed by atoms with Crippen molar-refractivity contribution in [2.75, 3.05) is 20.2 Å². The Bertz CT molecular complexity index is 1490. The topological polar surface area (TPSA) is 159 Å². The minimum Gasteiger partial charge on any atom is -0.477 e. The smallest absolute Gasteiger partial charge is 0.477 e. The lowest BCUT2D eigenvalue weighted by molar-refractivity contribution is -0.170. The second kappa shape index (κ2) is 12.9. The van der Waals surface area contributed by atoms with Gasteiger partial charge in [0.2, 0.25) is 0 Å². The zero-order chi connectivity index (χ0) is 35.2. The fourth-order valence-electron chi connectivity index (χ4n) is 7.27. The van der Waals surface area contributed by atoms with Crippen molar-refractivity contribution in [2.45, 2.75) is 127 Å². The van der Waals surface area contributed by atoms with Crippen molar-refractivity contribution in [1.29, 1.82) is 0 Å². The molecule has 264 valence electrons. The molecule has 2 aliphatic heterocycles. The van der Waals surface area contributed by atoms with Crippen molar-refractivity contribution in [1.82, 2.24) is 10.2 Å². The third-order valence-electron chi connectivity index (χ3n) is 9.24. The monoisotopic (exact) mass is 672 g/mol. The number of carbonyl (C=O) groups is 4. The molecule has 2 aliphatic carbocycles. The molecule has 0 saturated carbocycles. The average Bonchev–Trinajstić information content (AvgIpc) is 3.31. The van der Waals surface area contributed by atoms with Crippen molar-refractivity contribution < 1.29 is 52.7 Å². The highest BCUT2D eigenvalue weighted by Crippen LogP contribution is 2.65. The molecule has 1 amide bonds. The summed E-state index contributed by atoms with van der Waals surface area (Å²) in [4.78, 5) is 53.9. The summed E-state index contributed by atoms with van der Waals surface area (Å²) < 4.78 is 34.1. The van der Waals surface area contributed by atoms with Crippen LogP contribution < -0.4 is 14.8 Å². The van der Waals surface area contributed by atoms with Crippen LogP contribution in [0.15, 0.2) is 24.0 Å². The molecule has 1 aromatic rings. The van der Waals surface area contributed by atoms with E-state index in [1.54, 1.807) is 53.7 Å². The highest BCUT2D eigenvalue weighted by molar-refractivity contribution is 5.86. The third kappa shape index (κ3) is 6.71. The van der Waals surface area contributed by atoms with E-state index in [4.69, 9.17) is 28.4 Å². The summed E-state index contributed by atoms with van der Waals surface area (Å²) in [5.74, 6) is -1.02. The highest BCUT2D eigenvalue weighted by Gasteiger charge is 2.72. The summed E-state index contributed by atoms with van der Waals surface area (Å²) in [6.07, 6.45) is 0.961. The van der Waals surface area contributed by atoms with Crippen LogP contribution in [0.5, 0.6) is 11.5 Å². The van der Waals surface area contributed by atoms with Gasteiger partial charge in [-0.1, -0.05) is 19.4 Å². The van der Waals surface area contributed by atoms with Crippen LogP contribution in [0.1, 0.15) is 91.7 Å². The van der Waals surface area contributed by atoms with Gasteiger partial charge in [0.05, 0.1) is 24.0 Å². The maximum atomic E-state index is 13.5. The predicted molar refractivity (Wildman–Crippen MR) is 172 cm³/mol. The van der Waals surface area contributed by atoms with Crippen LogP contribution in [0.3, 0.4) is 0 Å². The molecule has 4 aliphatic rings. The Balaban J connectivity index is 1.43. The Morgan fingerprint density at radius 2 is 1.79 bits per heavy atom. The first-order chi connectivity index (χ1) is 22.4. The van der Waals surface area contributed by atoms with Gasteiger partial charge < -0.3 is 43.7 Å². The number of piperidine rings is 1. The van der Waals surface area contributed by atoms with Crippen LogP contribution in [0.2, 0.25) is 0 Å². The van der Waals surface area contributed by atoms with Crippen molar-refractivity contribution in [3.8, 4) is 11.5 Å². The summed E-state index contributed by atoms with van der Waals surface area (Å²) in [7, 11) is 1.98. The molecule has 5 rings (SSSR count). The van der Waals surface area contributed by atoms with Crippen molar-refractivity contribution in [2.24, 2.45) is 0 Å². The molecule has 0 radical (unpaired) electrons. The number of likely N-dealkylation sites (tertiary alicyclic amines) is 1. The molecule has 0 unspecified atom stereocenters. The van der Waals surface area contributed by atoms with E-state index in [2.05, 4.69) is 10.2 Å². The second-order valence-corrected chi connectivity index (χ2v) is 15.0. The van der Waals surface area contributed by atoms with Crippen molar-refractivity contribution >= 4 is 24.2 Å². The maximum Gasteiger partial charge on any atom is 0.514 e. The standard InChI is InChI=1S/C35H48N2O11/c1-9-10-17-43-29(39)21(36-30(40)47-32(2,3)4)19-25(38)44-23-13-14-35(42)24-18-20-11-12-22(45-31(41)48-33(5,6)7)27-26(20)34(35,28(23)46-27)15-16-37(24)8/h11-13,21,24,28,42H,9-10,14-19H2,1-8H3,(H,36,40)/t21-,24+,28-,34-,35+/m0/s1. The van der Waals surface area contributed by atoms with Gasteiger partial charge in [-0.15, -0.1) is 0 Å². The molecule has 13 nitrogen and oxygen atoms in total. The molecule has 13 heteroatoms. The fraction of sp³-hybridized carbons (Fsp3) is 0.657. The predicted octanol–water partition coefficient (Wildman–Crippen LogP) is 4.45. The molecule has 2 bridgehead atoms. The summed E-state index contributed by atoms with van der Waals surface area (Å²) in [6, 6.07) is 1.91. The van der Waals surface area contributed by atoms with E-state index in [9.17, 15) is 24.3 Å². The molecule has 1 spiro atoms. The molecule has 2 heterocycles. The van der Waals surface area contributed by atoms with Crippen LogP contribution in [0.25, 0.3) is 0 Å². The molecule has 1 saturated heterocycles. The summed E-state index contributed by atoms with van der Waals surface area (Å²) in [5, 5.41) is 15.0. The first-order valence-electron chi connectivity index (χ1n) is 16.6. The molecule has 48 heavy (non-hydrogen) atoms. The largest absolute Gasteiger partial charge is 0.514 e. The summed E-state index contributed by atoms with van der Waals surface area (Å²) in [6.45, 7) is 12.9. The number of esters is 2. The van der Waals surface area contributed by atoms with E-state index in [1.807, 2.05) is 20.0 Å². The van der Waals surface area contributed by atoms with E-state index < -0.39 is 65.0 Å². The van der Waals surface area contributed by atoms with Crippen LogP contribution in [-0.4, -0.2) is 89.4 Å². The Labute approximate surface area is 281 Å². The van der Waals surface area contributed by atoms with Gasteiger partial charge in [-0.25, -0.2) is 14.4 Å². The average molecular weight is 673 g/mol. The number of nitrogens with one attached hydrogen (secondary N) is 1. The Hall–Kier alpha value is -3.84. The maximum absolute atomic E-state index is 13.5. The lowest BCUT2D eigenvalue weighted by Crippen LogP contribution is -2.74. The number of carbonyl (C=O) groups excluding carboxylic acids is 4. The Morgan fingerprint density at radius 3 is 2.46 bits per heavy atom. The van der Waals surface area contributed by atoms with Crippen LogP contribution in [-0.2, 0) is 40.4 Å². The molecule has 1 aromatic carbocycles. The molecule has 1 fully saturated rings. The number of unbranched alkanes of at least 4 members (excludes halogenated alkanes) is 1. The van der Waals surface area contributed by atoms with Gasteiger partial charge in [0.1, 0.15) is 23.0 Å². The number of alkyl carbamates (subject to hydrolysis) is 1. The number of amides is 1. The van der Waals surface area contributed by atoms with E-state index >= 15 is 0 Å². The fourth-order valence-corrected chi connectivity index (χ4v) is 7.27. The zero-order valence-electron chi connectivity index (χ0n) is 29.1. The minimum absolute atomic E-state index is 0.128. The first kappa shape index (κ1) is 35.5.